The van der Waals surface area contributed by atoms with E-state index in [9.17, 15) is 29.4 Å². The Bertz CT molecular complexity index is 1680. The molecule has 0 atom stereocenters. The number of benzene rings is 4. The van der Waals surface area contributed by atoms with Crippen molar-refractivity contribution in [2.24, 2.45) is 5.73 Å². The molecule has 3 aliphatic rings. The lowest BCUT2D eigenvalue weighted by Gasteiger charge is -2.15. The quantitative estimate of drug-likeness (QED) is 0.0946. The standard InChI is InChI=1S/2C14H10O4S2.3C6H13N.CH4/c2*15-13(16)9-5-1-3-7-11(9)19-20-12-8-4-2-6-10(12)14(17)18;3*7-6-4-2-1-3-5-6;/h2*1-8H,(H,15,16)(H,17,18);3*6H,1-5,7H2;1H4. The fourth-order valence-corrected chi connectivity index (χ4v) is 11.2. The highest BCUT2D eigenvalue weighted by molar-refractivity contribution is 8.77. The molecule has 15 heteroatoms. The molecule has 3 saturated carbocycles. The first-order valence-electron chi connectivity index (χ1n) is 20.7. The van der Waals surface area contributed by atoms with Crippen LogP contribution < -0.4 is 27.4 Å². The molecular formula is C47H63N3O8S4. The van der Waals surface area contributed by atoms with Crippen molar-refractivity contribution in [2.45, 2.75) is 141 Å². The summed E-state index contributed by atoms with van der Waals surface area (Å²) in [5, 5.41) is 40.1. The highest BCUT2D eigenvalue weighted by Crippen LogP contribution is 2.41. The summed E-state index contributed by atoms with van der Waals surface area (Å²) in [4.78, 5) is 46.3. The van der Waals surface area contributed by atoms with Gasteiger partial charge >= 0.3 is 11.9 Å². The Hall–Kier alpha value is -3.96. The lowest BCUT2D eigenvalue weighted by molar-refractivity contribution is -0.425. The van der Waals surface area contributed by atoms with Crippen molar-refractivity contribution in [1.29, 1.82) is 0 Å². The Balaban J connectivity index is 0.000000290. The largest absolute Gasteiger partial charge is 0.545 e. The van der Waals surface area contributed by atoms with Gasteiger partial charge in [0.05, 0.1) is 35.1 Å². The summed E-state index contributed by atoms with van der Waals surface area (Å²) in [7, 11) is 4.79. The summed E-state index contributed by atoms with van der Waals surface area (Å²) in [6, 6.07) is 28.2. The van der Waals surface area contributed by atoms with Crippen molar-refractivity contribution in [3.05, 3.63) is 119 Å². The zero-order valence-electron chi connectivity index (χ0n) is 34.5. The van der Waals surface area contributed by atoms with Crippen molar-refractivity contribution in [3.8, 4) is 0 Å². The van der Waals surface area contributed by atoms with E-state index >= 15 is 0 Å². The van der Waals surface area contributed by atoms with Gasteiger partial charge in [0.25, 0.3) is 0 Å². The van der Waals surface area contributed by atoms with Gasteiger partial charge in [-0.25, -0.2) is 9.59 Å². The highest BCUT2D eigenvalue weighted by Gasteiger charge is 2.14. The van der Waals surface area contributed by atoms with Gasteiger partial charge in [-0.1, -0.05) is 143 Å². The number of carboxylic acids is 4. The van der Waals surface area contributed by atoms with Gasteiger partial charge in [-0.15, -0.1) is 0 Å². The van der Waals surface area contributed by atoms with E-state index in [1.54, 1.807) is 72.8 Å². The van der Waals surface area contributed by atoms with Crippen molar-refractivity contribution >= 4 is 67.1 Å². The molecule has 4 aromatic rings. The third kappa shape index (κ3) is 20.9. The molecule has 0 unspecified atom stereocenters. The molecule has 0 aromatic heterocycles. The summed E-state index contributed by atoms with van der Waals surface area (Å²) >= 11 is 0. The molecular weight excluding hydrogens is 863 g/mol. The second-order valence-electron chi connectivity index (χ2n) is 14.9. The zero-order valence-corrected chi connectivity index (χ0v) is 37.8. The van der Waals surface area contributed by atoms with Crippen molar-refractivity contribution in [1.82, 2.24) is 0 Å². The number of carboxylic acid groups (broad SMARTS) is 4. The molecule has 0 bridgehead atoms. The maximum Gasteiger partial charge on any atom is 0.336 e. The minimum atomic E-state index is -1.26. The number of quaternary nitrogens is 2. The molecule has 11 nitrogen and oxygen atoms in total. The number of nitrogens with two attached hydrogens (primary N) is 1. The fourth-order valence-electron chi connectivity index (χ4n) is 6.54. The second-order valence-corrected chi connectivity index (χ2v) is 19.3. The van der Waals surface area contributed by atoms with Crippen LogP contribution in [0.3, 0.4) is 0 Å². The smallest absolute Gasteiger partial charge is 0.336 e. The molecule has 4 aromatic carbocycles. The van der Waals surface area contributed by atoms with Crippen molar-refractivity contribution in [2.75, 3.05) is 0 Å². The van der Waals surface area contributed by atoms with Crippen LogP contribution in [0.25, 0.3) is 0 Å². The summed E-state index contributed by atoms with van der Waals surface area (Å²) < 4.78 is 0. The fraction of sp³-hybridized carbons (Fsp3) is 0.404. The third-order valence-electron chi connectivity index (χ3n) is 9.99. The molecule has 3 fully saturated rings. The van der Waals surface area contributed by atoms with Crippen LogP contribution in [-0.4, -0.2) is 52.2 Å². The van der Waals surface area contributed by atoms with Crippen molar-refractivity contribution < 1.29 is 51.1 Å². The molecule has 0 amide bonds. The second kappa shape index (κ2) is 31.0. The van der Waals surface area contributed by atoms with E-state index in [2.05, 4.69) is 11.5 Å². The zero-order chi connectivity index (χ0) is 44.4. The highest BCUT2D eigenvalue weighted by atomic mass is 33.1. The van der Waals surface area contributed by atoms with E-state index in [4.69, 9.17) is 15.9 Å². The average molecular weight is 926 g/mol. The first-order chi connectivity index (χ1) is 29.4. The van der Waals surface area contributed by atoms with Gasteiger partial charge in [0.2, 0.25) is 0 Å². The monoisotopic (exact) mass is 925 g/mol. The van der Waals surface area contributed by atoms with E-state index in [1.165, 1.54) is 142 Å². The predicted molar refractivity (Wildman–Crippen MR) is 249 cm³/mol. The van der Waals surface area contributed by atoms with Gasteiger partial charge in [0.1, 0.15) is 0 Å². The SMILES string of the molecule is C.NC1CCCCC1.O=C(O)c1ccccc1SSc1ccccc1C(=O)O.O=C([O-])c1ccccc1SSc1ccccc1C(=O)[O-].[NH3+]C1CCCCC1.[NH3+]C1CCCCC1. The number of hydrogen-bond acceptors (Lipinski definition) is 11. The first-order valence-corrected chi connectivity index (χ1v) is 25.0. The molecule has 0 radical (unpaired) electrons. The van der Waals surface area contributed by atoms with Crippen LogP contribution in [0.4, 0.5) is 0 Å². The van der Waals surface area contributed by atoms with Crippen LogP contribution in [-0.2, 0) is 0 Å². The Morgan fingerprint density at radius 2 is 0.694 bits per heavy atom. The summed E-state index contributed by atoms with van der Waals surface area (Å²) in [5.41, 5.74) is 14.2. The van der Waals surface area contributed by atoms with Gasteiger partial charge in [0.15, 0.2) is 0 Å². The minimum absolute atomic E-state index is 0. The van der Waals surface area contributed by atoms with E-state index in [-0.39, 0.29) is 29.7 Å². The number of rotatable bonds is 10. The van der Waals surface area contributed by atoms with Gasteiger partial charge in [-0.2, -0.15) is 0 Å². The Kier molecular flexibility index (Phi) is 27.1. The maximum absolute atomic E-state index is 11.1. The van der Waals surface area contributed by atoms with Crippen LogP contribution in [0.15, 0.2) is 117 Å². The first kappa shape index (κ1) is 54.2. The Morgan fingerprint density at radius 3 is 0.903 bits per heavy atom. The Morgan fingerprint density at radius 1 is 0.452 bits per heavy atom. The topological polar surface area (TPSA) is 236 Å². The van der Waals surface area contributed by atoms with Gasteiger partial charge in [-0.05, 0) is 101 Å². The predicted octanol–water partition coefficient (Wildman–Crippen LogP) is 8.13. The molecule has 0 saturated heterocycles. The average Bonchev–Trinajstić information content (AvgIpc) is 3.27. The summed E-state index contributed by atoms with van der Waals surface area (Å²) in [6.07, 6.45) is 20.8. The van der Waals surface area contributed by atoms with E-state index in [0.717, 1.165) is 33.7 Å². The van der Waals surface area contributed by atoms with Crippen LogP contribution in [0, 0.1) is 0 Å². The third-order valence-corrected chi connectivity index (χ3v) is 15.0. The molecule has 0 heterocycles. The van der Waals surface area contributed by atoms with Gasteiger partial charge in [0, 0.05) is 36.8 Å². The van der Waals surface area contributed by atoms with E-state index in [1.807, 2.05) is 0 Å². The summed E-state index contributed by atoms with van der Waals surface area (Å²) in [5.74, 6) is -4.52. The van der Waals surface area contributed by atoms with E-state index in [0.29, 0.717) is 25.6 Å². The molecule has 10 N–H and O–H groups in total. The van der Waals surface area contributed by atoms with Gasteiger partial charge < -0.3 is 47.2 Å². The molecule has 0 aliphatic heterocycles. The van der Waals surface area contributed by atoms with Crippen LogP contribution >= 0.6 is 43.2 Å². The van der Waals surface area contributed by atoms with Gasteiger partial charge in [-0.3, -0.25) is 0 Å². The molecule has 338 valence electrons. The number of carbonyl (C=O) groups excluding carboxylic acids is 2. The lowest BCUT2D eigenvalue weighted by Crippen LogP contribution is -2.61. The molecule has 62 heavy (non-hydrogen) atoms. The lowest BCUT2D eigenvalue weighted by atomic mass is 9.97. The maximum atomic E-state index is 11.1. The van der Waals surface area contributed by atoms with Crippen LogP contribution in [0.5, 0.6) is 0 Å². The van der Waals surface area contributed by atoms with Crippen LogP contribution in [0.1, 0.15) is 145 Å². The molecule has 7 rings (SSSR count). The number of carbonyl (C=O) groups is 4. The number of aromatic carboxylic acids is 4. The van der Waals surface area contributed by atoms with E-state index < -0.39 is 23.9 Å². The van der Waals surface area contributed by atoms with Crippen molar-refractivity contribution in [3.63, 3.8) is 0 Å². The van der Waals surface area contributed by atoms with Crippen LogP contribution in [0.2, 0.25) is 0 Å². The normalized spacial score (nSPS) is 15.1. The minimum Gasteiger partial charge on any atom is -0.545 e. The number of hydrogen-bond donors (Lipinski definition) is 5. The molecule has 3 aliphatic carbocycles. The molecule has 0 spiro atoms. The summed E-state index contributed by atoms with van der Waals surface area (Å²) in [6.45, 7) is 0. The Labute approximate surface area is 382 Å².